The number of carbonyl (C=O) groups is 1. The fraction of sp³-hybridized carbons (Fsp3) is 0.353. The molecule has 1 saturated heterocycles. The van der Waals surface area contributed by atoms with Crippen molar-refractivity contribution < 1.29 is 9.72 Å². The molecule has 2 heterocycles. The molecule has 0 aliphatic carbocycles. The zero-order valence-electron chi connectivity index (χ0n) is 14.0. The van der Waals surface area contributed by atoms with Crippen molar-refractivity contribution in [3.05, 3.63) is 57.5 Å². The smallest absolute Gasteiger partial charge is 0.270 e. The third-order valence-corrected chi connectivity index (χ3v) is 4.77. The second-order valence-electron chi connectivity index (χ2n) is 6.13. The molecule has 1 aliphatic heterocycles. The van der Waals surface area contributed by atoms with E-state index in [9.17, 15) is 14.9 Å². The molecule has 0 unspecified atom stereocenters. The minimum absolute atomic E-state index is 0.123. The number of piperidine rings is 1. The van der Waals surface area contributed by atoms with E-state index < -0.39 is 10.8 Å². The first-order valence-corrected chi connectivity index (χ1v) is 8.65. The van der Waals surface area contributed by atoms with Crippen molar-refractivity contribution in [1.29, 1.82) is 0 Å². The van der Waals surface area contributed by atoms with Gasteiger partial charge < -0.3 is 10.2 Å². The number of amides is 1. The molecule has 3 rings (SSSR count). The molecule has 8 nitrogen and oxygen atoms in total. The molecule has 1 N–H and O–H groups in total. The number of hydrogen-bond donors (Lipinski definition) is 1. The molecule has 136 valence electrons. The Labute approximate surface area is 155 Å². The van der Waals surface area contributed by atoms with Crippen LogP contribution in [0.1, 0.15) is 23.2 Å². The van der Waals surface area contributed by atoms with E-state index in [0.717, 1.165) is 31.7 Å². The number of nitrogens with zero attached hydrogens (tertiary/aromatic N) is 4. The predicted molar refractivity (Wildman–Crippen MR) is 97.4 cm³/mol. The van der Waals surface area contributed by atoms with Crippen LogP contribution in [0.5, 0.6) is 0 Å². The molecule has 1 fully saturated rings. The van der Waals surface area contributed by atoms with Gasteiger partial charge in [-0.05, 0) is 24.8 Å². The zero-order valence-corrected chi connectivity index (χ0v) is 14.7. The van der Waals surface area contributed by atoms with Gasteiger partial charge in [-0.2, -0.15) is 0 Å². The van der Waals surface area contributed by atoms with E-state index in [2.05, 4.69) is 20.2 Å². The molecule has 1 aromatic carbocycles. The quantitative estimate of drug-likeness (QED) is 0.636. The number of rotatable bonds is 5. The molecule has 0 saturated carbocycles. The first-order valence-electron chi connectivity index (χ1n) is 8.27. The Kier molecular flexibility index (Phi) is 5.62. The van der Waals surface area contributed by atoms with Crippen LogP contribution in [0.4, 0.5) is 11.5 Å². The second kappa shape index (κ2) is 8.09. The SMILES string of the molecule is O=C(NCC1CCN(c2cnccn2)CC1)c1cc([N+](=O)[O-])ccc1Cl. The number of aromatic nitrogens is 2. The largest absolute Gasteiger partial charge is 0.355 e. The van der Waals surface area contributed by atoms with Gasteiger partial charge in [-0.15, -0.1) is 0 Å². The molecular weight excluding hydrogens is 358 g/mol. The van der Waals surface area contributed by atoms with E-state index in [0.29, 0.717) is 12.5 Å². The molecule has 26 heavy (non-hydrogen) atoms. The van der Waals surface area contributed by atoms with Crippen molar-refractivity contribution in [3.63, 3.8) is 0 Å². The number of halogens is 1. The predicted octanol–water partition coefficient (Wildman–Crippen LogP) is 2.68. The summed E-state index contributed by atoms with van der Waals surface area (Å²) >= 11 is 6.00. The van der Waals surface area contributed by atoms with Crippen molar-refractivity contribution in [2.24, 2.45) is 5.92 Å². The number of benzene rings is 1. The maximum absolute atomic E-state index is 12.3. The number of nitro groups is 1. The maximum Gasteiger partial charge on any atom is 0.270 e. The Morgan fingerprint density at radius 3 is 2.77 bits per heavy atom. The average molecular weight is 376 g/mol. The Hall–Kier alpha value is -2.74. The standard InChI is InChI=1S/C17H18ClN5O3/c18-15-2-1-13(23(25)26)9-14(15)17(24)21-10-12-3-7-22(8-4-12)16-11-19-5-6-20-16/h1-2,5-6,9,11-12H,3-4,7-8,10H2,(H,21,24). The number of carbonyl (C=O) groups excluding carboxylic acids is 1. The summed E-state index contributed by atoms with van der Waals surface area (Å²) in [7, 11) is 0. The van der Waals surface area contributed by atoms with Gasteiger partial charge in [-0.3, -0.25) is 19.9 Å². The van der Waals surface area contributed by atoms with Crippen LogP contribution in [0.3, 0.4) is 0 Å². The van der Waals surface area contributed by atoms with Crippen molar-refractivity contribution >= 4 is 29.0 Å². The Morgan fingerprint density at radius 2 is 2.12 bits per heavy atom. The first kappa shape index (κ1) is 18.1. The number of non-ortho nitro benzene ring substituents is 1. The molecule has 0 atom stereocenters. The Balaban J connectivity index is 1.53. The molecule has 0 radical (unpaired) electrons. The molecule has 2 aromatic rings. The number of nitrogens with one attached hydrogen (secondary N) is 1. The van der Waals surface area contributed by atoms with Gasteiger partial charge in [-0.1, -0.05) is 11.6 Å². The topological polar surface area (TPSA) is 101 Å². The lowest BCUT2D eigenvalue weighted by Crippen LogP contribution is -2.39. The summed E-state index contributed by atoms with van der Waals surface area (Å²) in [4.78, 5) is 33.2. The normalized spacial score (nSPS) is 14.9. The summed E-state index contributed by atoms with van der Waals surface area (Å²) in [6, 6.07) is 3.85. The van der Waals surface area contributed by atoms with Gasteiger partial charge in [0.1, 0.15) is 5.82 Å². The van der Waals surface area contributed by atoms with Crippen LogP contribution in [-0.2, 0) is 0 Å². The Bertz CT molecular complexity index is 794. The summed E-state index contributed by atoms with van der Waals surface area (Å²) in [5.41, 5.74) is -0.0327. The summed E-state index contributed by atoms with van der Waals surface area (Å²) in [5.74, 6) is 0.803. The summed E-state index contributed by atoms with van der Waals surface area (Å²) < 4.78 is 0. The third kappa shape index (κ3) is 4.26. The highest BCUT2D eigenvalue weighted by molar-refractivity contribution is 6.33. The maximum atomic E-state index is 12.3. The van der Waals surface area contributed by atoms with Crippen molar-refractivity contribution in [3.8, 4) is 0 Å². The van der Waals surface area contributed by atoms with Crippen LogP contribution in [0.15, 0.2) is 36.8 Å². The molecule has 0 spiro atoms. The molecule has 1 aliphatic rings. The third-order valence-electron chi connectivity index (χ3n) is 4.44. The lowest BCUT2D eigenvalue weighted by atomic mass is 9.96. The van der Waals surface area contributed by atoms with Crippen LogP contribution in [0, 0.1) is 16.0 Å². The number of hydrogen-bond acceptors (Lipinski definition) is 6. The van der Waals surface area contributed by atoms with Gasteiger partial charge in [0.25, 0.3) is 11.6 Å². The van der Waals surface area contributed by atoms with Crippen molar-refractivity contribution in [2.75, 3.05) is 24.5 Å². The summed E-state index contributed by atoms with van der Waals surface area (Å²) in [6.07, 6.45) is 6.89. The fourth-order valence-corrected chi connectivity index (χ4v) is 3.16. The van der Waals surface area contributed by atoms with Gasteiger partial charge in [-0.25, -0.2) is 4.98 Å². The van der Waals surface area contributed by atoms with Crippen LogP contribution in [0.25, 0.3) is 0 Å². The molecular formula is C17H18ClN5O3. The average Bonchev–Trinajstić information content (AvgIpc) is 2.67. The summed E-state index contributed by atoms with van der Waals surface area (Å²) in [6.45, 7) is 2.19. The summed E-state index contributed by atoms with van der Waals surface area (Å²) in [5, 5.41) is 13.9. The van der Waals surface area contributed by atoms with Gasteiger partial charge in [0, 0.05) is 44.2 Å². The monoisotopic (exact) mass is 375 g/mol. The lowest BCUT2D eigenvalue weighted by molar-refractivity contribution is -0.384. The van der Waals surface area contributed by atoms with Gasteiger partial charge in [0.15, 0.2) is 0 Å². The van der Waals surface area contributed by atoms with Crippen molar-refractivity contribution in [1.82, 2.24) is 15.3 Å². The highest BCUT2D eigenvalue weighted by atomic mass is 35.5. The number of anilines is 1. The van der Waals surface area contributed by atoms with Gasteiger partial charge >= 0.3 is 0 Å². The molecule has 9 heteroatoms. The first-order chi connectivity index (χ1) is 12.5. The zero-order chi connectivity index (χ0) is 18.5. The Morgan fingerprint density at radius 1 is 1.35 bits per heavy atom. The lowest BCUT2D eigenvalue weighted by Gasteiger charge is -2.32. The van der Waals surface area contributed by atoms with Gasteiger partial charge in [0.05, 0.1) is 21.7 Å². The van der Waals surface area contributed by atoms with Crippen LogP contribution in [-0.4, -0.2) is 40.4 Å². The molecule has 1 aromatic heterocycles. The molecule has 1 amide bonds. The van der Waals surface area contributed by atoms with Crippen molar-refractivity contribution in [2.45, 2.75) is 12.8 Å². The second-order valence-corrected chi connectivity index (χ2v) is 6.53. The van der Waals surface area contributed by atoms with E-state index in [1.807, 2.05) is 0 Å². The van der Waals surface area contributed by atoms with E-state index in [-0.39, 0.29) is 16.3 Å². The van der Waals surface area contributed by atoms with E-state index in [4.69, 9.17) is 11.6 Å². The minimum atomic E-state index is -0.546. The van der Waals surface area contributed by atoms with E-state index >= 15 is 0 Å². The fourth-order valence-electron chi connectivity index (χ4n) is 2.95. The number of nitro benzene ring substituents is 1. The van der Waals surface area contributed by atoms with Crippen LogP contribution in [0.2, 0.25) is 5.02 Å². The van der Waals surface area contributed by atoms with E-state index in [1.54, 1.807) is 18.6 Å². The van der Waals surface area contributed by atoms with Crippen LogP contribution < -0.4 is 10.2 Å². The van der Waals surface area contributed by atoms with Gasteiger partial charge in [0.2, 0.25) is 0 Å². The van der Waals surface area contributed by atoms with E-state index in [1.165, 1.54) is 18.2 Å². The highest BCUT2D eigenvalue weighted by Gasteiger charge is 2.22. The molecule has 0 bridgehead atoms. The highest BCUT2D eigenvalue weighted by Crippen LogP contribution is 2.23. The minimum Gasteiger partial charge on any atom is -0.355 e. The van der Waals surface area contributed by atoms with Crippen LogP contribution >= 0.6 is 11.6 Å².